The molecule has 0 saturated heterocycles. The van der Waals surface area contributed by atoms with E-state index in [1.807, 2.05) is 0 Å². The Kier molecular flexibility index (Phi) is 4.11. The molecule has 1 unspecified atom stereocenters. The van der Waals surface area contributed by atoms with Crippen molar-refractivity contribution in [3.63, 3.8) is 0 Å². The summed E-state index contributed by atoms with van der Waals surface area (Å²) < 4.78 is 26.7. The summed E-state index contributed by atoms with van der Waals surface area (Å²) in [4.78, 5) is 0. The third-order valence-electron chi connectivity index (χ3n) is 3.70. The van der Waals surface area contributed by atoms with E-state index in [1.54, 1.807) is 0 Å². The average molecular weight is 240 g/mol. The first-order valence-electron chi connectivity index (χ1n) is 6.29. The fourth-order valence-electron chi connectivity index (χ4n) is 2.64. The Morgan fingerprint density at radius 2 is 1.76 bits per heavy atom. The first-order valence-corrected chi connectivity index (χ1v) is 6.29. The van der Waals surface area contributed by atoms with E-state index < -0.39 is 17.7 Å². The second kappa shape index (κ2) is 5.58. The Morgan fingerprint density at radius 1 is 1.18 bits per heavy atom. The molecule has 0 aromatic heterocycles. The predicted octanol–water partition coefficient (Wildman–Crippen LogP) is 3.45. The number of benzene rings is 1. The molecule has 0 heterocycles. The summed E-state index contributed by atoms with van der Waals surface area (Å²) in [7, 11) is 0. The predicted molar refractivity (Wildman–Crippen MR) is 62.6 cm³/mol. The SMILES string of the molecule is OC(CCc1c(F)cccc1F)C1CCCC1. The van der Waals surface area contributed by atoms with Gasteiger partial charge in [0, 0.05) is 5.56 Å². The molecule has 1 N–H and O–H groups in total. The summed E-state index contributed by atoms with van der Waals surface area (Å²) in [6.45, 7) is 0. The summed E-state index contributed by atoms with van der Waals surface area (Å²) in [5.41, 5.74) is 0.101. The second-order valence-corrected chi connectivity index (χ2v) is 4.85. The highest BCUT2D eigenvalue weighted by Gasteiger charge is 2.23. The fraction of sp³-hybridized carbons (Fsp3) is 0.571. The van der Waals surface area contributed by atoms with Crippen LogP contribution in [0.3, 0.4) is 0 Å². The third-order valence-corrected chi connectivity index (χ3v) is 3.70. The van der Waals surface area contributed by atoms with Gasteiger partial charge in [0.1, 0.15) is 11.6 Å². The van der Waals surface area contributed by atoms with Crippen LogP contribution in [-0.4, -0.2) is 11.2 Å². The normalized spacial score (nSPS) is 18.5. The highest BCUT2D eigenvalue weighted by molar-refractivity contribution is 5.19. The van der Waals surface area contributed by atoms with Crippen molar-refractivity contribution in [2.75, 3.05) is 0 Å². The lowest BCUT2D eigenvalue weighted by Gasteiger charge is -2.17. The number of aliphatic hydroxyl groups is 1. The van der Waals surface area contributed by atoms with Crippen molar-refractivity contribution in [1.82, 2.24) is 0 Å². The smallest absolute Gasteiger partial charge is 0.129 e. The minimum absolute atomic E-state index is 0.101. The molecule has 1 fully saturated rings. The topological polar surface area (TPSA) is 20.2 Å². The fourth-order valence-corrected chi connectivity index (χ4v) is 2.64. The van der Waals surface area contributed by atoms with Gasteiger partial charge in [0.05, 0.1) is 6.10 Å². The van der Waals surface area contributed by atoms with Crippen LogP contribution in [0.15, 0.2) is 18.2 Å². The molecule has 3 heteroatoms. The second-order valence-electron chi connectivity index (χ2n) is 4.85. The summed E-state index contributed by atoms with van der Waals surface area (Å²) in [5.74, 6) is -0.697. The summed E-state index contributed by atoms with van der Waals surface area (Å²) in [6, 6.07) is 3.89. The van der Waals surface area contributed by atoms with Gasteiger partial charge in [-0.05, 0) is 43.7 Å². The molecule has 1 aliphatic carbocycles. The van der Waals surface area contributed by atoms with Gasteiger partial charge in [-0.3, -0.25) is 0 Å². The molecule has 1 nitrogen and oxygen atoms in total. The van der Waals surface area contributed by atoms with Crippen LogP contribution in [0.25, 0.3) is 0 Å². The number of halogens is 2. The maximum absolute atomic E-state index is 13.4. The summed E-state index contributed by atoms with van der Waals surface area (Å²) in [5, 5.41) is 9.95. The van der Waals surface area contributed by atoms with Crippen molar-refractivity contribution < 1.29 is 13.9 Å². The van der Waals surface area contributed by atoms with Crippen LogP contribution < -0.4 is 0 Å². The molecular weight excluding hydrogens is 222 g/mol. The highest BCUT2D eigenvalue weighted by atomic mass is 19.1. The zero-order valence-electron chi connectivity index (χ0n) is 9.83. The van der Waals surface area contributed by atoms with Gasteiger partial charge in [0.25, 0.3) is 0 Å². The van der Waals surface area contributed by atoms with E-state index in [2.05, 4.69) is 0 Å². The van der Waals surface area contributed by atoms with Crippen LogP contribution in [-0.2, 0) is 6.42 Å². The van der Waals surface area contributed by atoms with Gasteiger partial charge in [-0.2, -0.15) is 0 Å². The molecule has 17 heavy (non-hydrogen) atoms. The minimum atomic E-state index is -0.511. The minimum Gasteiger partial charge on any atom is -0.393 e. The zero-order valence-corrected chi connectivity index (χ0v) is 9.83. The molecule has 1 aromatic rings. The van der Waals surface area contributed by atoms with Crippen molar-refractivity contribution in [1.29, 1.82) is 0 Å². The number of rotatable bonds is 4. The van der Waals surface area contributed by atoms with Crippen LogP contribution in [0.2, 0.25) is 0 Å². The van der Waals surface area contributed by atoms with Crippen LogP contribution >= 0.6 is 0 Å². The Morgan fingerprint density at radius 3 is 2.35 bits per heavy atom. The quantitative estimate of drug-likeness (QED) is 0.854. The third kappa shape index (κ3) is 3.03. The van der Waals surface area contributed by atoms with Crippen molar-refractivity contribution in [2.45, 2.75) is 44.6 Å². The van der Waals surface area contributed by atoms with Gasteiger partial charge < -0.3 is 5.11 Å². The molecule has 0 amide bonds. The monoisotopic (exact) mass is 240 g/mol. The van der Waals surface area contributed by atoms with Gasteiger partial charge in [-0.15, -0.1) is 0 Å². The first kappa shape index (κ1) is 12.5. The van der Waals surface area contributed by atoms with Crippen molar-refractivity contribution in [3.05, 3.63) is 35.4 Å². The van der Waals surface area contributed by atoms with Crippen molar-refractivity contribution in [2.24, 2.45) is 5.92 Å². The van der Waals surface area contributed by atoms with E-state index in [1.165, 1.54) is 18.2 Å². The Balaban J connectivity index is 1.92. The molecular formula is C14H18F2O. The molecule has 0 bridgehead atoms. The molecule has 1 aliphatic rings. The molecule has 0 radical (unpaired) electrons. The van der Waals surface area contributed by atoms with Gasteiger partial charge in [0.2, 0.25) is 0 Å². The Hall–Kier alpha value is -0.960. The molecule has 0 spiro atoms. The number of hydrogen-bond donors (Lipinski definition) is 1. The molecule has 94 valence electrons. The maximum atomic E-state index is 13.4. The molecule has 1 atom stereocenters. The lowest BCUT2D eigenvalue weighted by atomic mass is 9.95. The standard InChI is InChI=1S/C14H18F2O/c15-12-6-3-7-13(16)11(12)8-9-14(17)10-4-1-2-5-10/h3,6-7,10,14,17H,1-2,4-5,8-9H2. The Labute approximate surface area is 100 Å². The van der Waals surface area contributed by atoms with Crippen LogP contribution in [0.4, 0.5) is 8.78 Å². The van der Waals surface area contributed by atoms with E-state index >= 15 is 0 Å². The first-order chi connectivity index (χ1) is 8.18. The van der Waals surface area contributed by atoms with Crippen LogP contribution in [0.5, 0.6) is 0 Å². The zero-order chi connectivity index (χ0) is 12.3. The van der Waals surface area contributed by atoms with E-state index in [0.29, 0.717) is 12.3 Å². The number of aliphatic hydroxyl groups excluding tert-OH is 1. The maximum Gasteiger partial charge on any atom is 0.129 e. The number of hydrogen-bond acceptors (Lipinski definition) is 1. The summed E-state index contributed by atoms with van der Waals surface area (Å²) in [6.07, 6.45) is 4.71. The van der Waals surface area contributed by atoms with E-state index in [4.69, 9.17) is 0 Å². The van der Waals surface area contributed by atoms with Gasteiger partial charge in [-0.25, -0.2) is 8.78 Å². The van der Waals surface area contributed by atoms with Crippen molar-refractivity contribution >= 4 is 0 Å². The summed E-state index contributed by atoms with van der Waals surface area (Å²) >= 11 is 0. The highest BCUT2D eigenvalue weighted by Crippen LogP contribution is 2.29. The molecule has 0 aliphatic heterocycles. The Bertz CT molecular complexity index is 352. The lowest BCUT2D eigenvalue weighted by Crippen LogP contribution is -2.18. The van der Waals surface area contributed by atoms with Crippen molar-refractivity contribution in [3.8, 4) is 0 Å². The van der Waals surface area contributed by atoms with Gasteiger partial charge in [0.15, 0.2) is 0 Å². The van der Waals surface area contributed by atoms with Gasteiger partial charge in [-0.1, -0.05) is 18.9 Å². The van der Waals surface area contributed by atoms with Crippen LogP contribution in [0.1, 0.15) is 37.7 Å². The van der Waals surface area contributed by atoms with Gasteiger partial charge >= 0.3 is 0 Å². The van der Waals surface area contributed by atoms with Crippen LogP contribution in [0, 0.1) is 17.6 Å². The molecule has 1 saturated carbocycles. The van der Waals surface area contributed by atoms with E-state index in [0.717, 1.165) is 25.7 Å². The van der Waals surface area contributed by atoms with E-state index in [9.17, 15) is 13.9 Å². The average Bonchev–Trinajstić information content (AvgIpc) is 2.81. The lowest BCUT2D eigenvalue weighted by molar-refractivity contribution is 0.102. The van der Waals surface area contributed by atoms with E-state index in [-0.39, 0.29) is 12.0 Å². The largest absolute Gasteiger partial charge is 0.393 e. The molecule has 2 rings (SSSR count). The molecule has 1 aromatic carbocycles.